The maximum atomic E-state index is 9.71. The van der Waals surface area contributed by atoms with Crippen molar-refractivity contribution in [3.63, 3.8) is 0 Å². The molecule has 2 aromatic rings. The van der Waals surface area contributed by atoms with Crippen molar-refractivity contribution in [3.05, 3.63) is 24.3 Å². The molecule has 0 amide bonds. The van der Waals surface area contributed by atoms with Gasteiger partial charge < -0.3 is 20.1 Å². The maximum Gasteiger partial charge on any atom is 0.172 e. The minimum absolute atomic E-state index is 0.149. The van der Waals surface area contributed by atoms with Crippen LogP contribution in [0, 0.1) is 0 Å². The van der Waals surface area contributed by atoms with Gasteiger partial charge in [-0.25, -0.2) is 9.97 Å². The van der Waals surface area contributed by atoms with Crippen LogP contribution in [-0.4, -0.2) is 53.5 Å². The Morgan fingerprint density at radius 2 is 1.67 bits per heavy atom. The number of para-hydroxylation sites is 2. The Balaban J connectivity index is 1.65. The fourth-order valence-corrected chi connectivity index (χ4v) is 3.50. The number of rotatable bonds is 3. The van der Waals surface area contributed by atoms with Gasteiger partial charge in [0.05, 0.1) is 30.4 Å². The Hall–Kier alpha value is -1.92. The highest BCUT2D eigenvalue weighted by Crippen LogP contribution is 2.29. The van der Waals surface area contributed by atoms with Crippen LogP contribution < -0.4 is 10.2 Å². The second-order valence-corrected chi connectivity index (χ2v) is 6.63. The number of morpholine rings is 1. The number of nitrogens with one attached hydrogen (secondary N) is 1. The van der Waals surface area contributed by atoms with Crippen molar-refractivity contribution < 1.29 is 9.84 Å². The molecule has 128 valence electrons. The zero-order chi connectivity index (χ0) is 16.4. The first-order valence-corrected chi connectivity index (χ1v) is 8.84. The summed E-state index contributed by atoms with van der Waals surface area (Å²) < 4.78 is 5.47. The summed E-state index contributed by atoms with van der Waals surface area (Å²) in [6.45, 7) is 3.13. The van der Waals surface area contributed by atoms with E-state index in [2.05, 4.69) is 10.2 Å². The minimum atomic E-state index is -0.149. The van der Waals surface area contributed by atoms with Gasteiger partial charge in [-0.1, -0.05) is 12.1 Å². The van der Waals surface area contributed by atoms with E-state index >= 15 is 0 Å². The molecule has 4 rings (SSSR count). The van der Waals surface area contributed by atoms with Crippen molar-refractivity contribution in [2.24, 2.45) is 0 Å². The van der Waals surface area contributed by atoms with Gasteiger partial charge in [-0.2, -0.15) is 0 Å². The predicted molar refractivity (Wildman–Crippen MR) is 94.5 cm³/mol. The van der Waals surface area contributed by atoms with Crippen LogP contribution in [0.3, 0.4) is 0 Å². The fourth-order valence-electron chi connectivity index (χ4n) is 3.50. The molecule has 6 heteroatoms. The third kappa shape index (κ3) is 3.30. The van der Waals surface area contributed by atoms with Crippen LogP contribution in [-0.2, 0) is 4.74 Å². The van der Waals surface area contributed by atoms with Crippen molar-refractivity contribution in [1.82, 2.24) is 9.97 Å². The molecule has 1 saturated carbocycles. The number of hydrogen-bond donors (Lipinski definition) is 2. The fraction of sp³-hybridized carbons (Fsp3) is 0.556. The normalized spacial score (nSPS) is 25.0. The number of aromatic nitrogens is 2. The molecule has 1 saturated heterocycles. The summed E-state index contributed by atoms with van der Waals surface area (Å²) in [6.07, 6.45) is 3.50. The molecule has 0 unspecified atom stereocenters. The van der Waals surface area contributed by atoms with Crippen molar-refractivity contribution in [3.8, 4) is 0 Å². The summed E-state index contributed by atoms with van der Waals surface area (Å²) in [4.78, 5) is 12.0. The van der Waals surface area contributed by atoms with Gasteiger partial charge in [-0.05, 0) is 37.8 Å². The molecule has 6 nitrogen and oxygen atoms in total. The van der Waals surface area contributed by atoms with Gasteiger partial charge in [0.15, 0.2) is 11.6 Å². The number of hydrogen-bond acceptors (Lipinski definition) is 6. The zero-order valence-electron chi connectivity index (χ0n) is 13.8. The van der Waals surface area contributed by atoms with E-state index in [0.29, 0.717) is 6.04 Å². The van der Waals surface area contributed by atoms with Crippen molar-refractivity contribution >= 4 is 22.7 Å². The van der Waals surface area contributed by atoms with Crippen LogP contribution in [0.5, 0.6) is 0 Å². The lowest BCUT2D eigenvalue weighted by Crippen LogP contribution is -2.38. The lowest BCUT2D eigenvalue weighted by molar-refractivity contribution is 0.122. The van der Waals surface area contributed by atoms with Crippen LogP contribution in [0.2, 0.25) is 0 Å². The molecule has 1 aromatic heterocycles. The monoisotopic (exact) mass is 328 g/mol. The first-order valence-electron chi connectivity index (χ1n) is 8.84. The highest BCUT2D eigenvalue weighted by atomic mass is 16.5. The third-order valence-corrected chi connectivity index (χ3v) is 4.90. The summed E-state index contributed by atoms with van der Waals surface area (Å²) >= 11 is 0. The van der Waals surface area contributed by atoms with Crippen LogP contribution >= 0.6 is 0 Å². The van der Waals surface area contributed by atoms with Gasteiger partial charge in [0.1, 0.15) is 0 Å². The van der Waals surface area contributed by atoms with Crippen LogP contribution in [0.4, 0.5) is 11.6 Å². The average Bonchev–Trinajstić information content (AvgIpc) is 2.64. The summed E-state index contributed by atoms with van der Waals surface area (Å²) in [5.41, 5.74) is 1.83. The molecule has 1 aliphatic carbocycles. The van der Waals surface area contributed by atoms with Gasteiger partial charge in [-0.15, -0.1) is 0 Å². The maximum absolute atomic E-state index is 9.71. The quantitative estimate of drug-likeness (QED) is 0.900. The molecule has 2 fully saturated rings. The number of anilines is 2. The Morgan fingerprint density at radius 3 is 2.38 bits per heavy atom. The van der Waals surface area contributed by atoms with Crippen LogP contribution in [0.25, 0.3) is 11.0 Å². The second-order valence-electron chi connectivity index (χ2n) is 6.63. The van der Waals surface area contributed by atoms with Gasteiger partial charge in [0.2, 0.25) is 0 Å². The molecule has 1 aliphatic heterocycles. The van der Waals surface area contributed by atoms with E-state index in [-0.39, 0.29) is 6.10 Å². The Bertz CT molecular complexity index is 694. The molecule has 2 heterocycles. The molecule has 0 atom stereocenters. The van der Waals surface area contributed by atoms with Crippen LogP contribution in [0.15, 0.2) is 24.3 Å². The summed E-state index contributed by atoms with van der Waals surface area (Å²) in [7, 11) is 0. The molecule has 2 aliphatic rings. The number of fused-ring (bicyclic) bond motifs is 1. The van der Waals surface area contributed by atoms with E-state index < -0.39 is 0 Å². The average molecular weight is 328 g/mol. The molecule has 1 aromatic carbocycles. The summed E-state index contributed by atoms with van der Waals surface area (Å²) in [6, 6.07) is 8.35. The topological polar surface area (TPSA) is 70.5 Å². The first-order chi connectivity index (χ1) is 11.8. The SMILES string of the molecule is OC1CCC(Nc2nc3ccccc3nc2N2CCOCC2)CC1. The molecule has 2 N–H and O–H groups in total. The number of nitrogens with zero attached hydrogens (tertiary/aromatic N) is 3. The highest BCUT2D eigenvalue weighted by Gasteiger charge is 2.23. The largest absolute Gasteiger partial charge is 0.393 e. The van der Waals surface area contributed by atoms with E-state index in [0.717, 1.165) is 74.7 Å². The van der Waals surface area contributed by atoms with E-state index in [1.165, 1.54) is 0 Å². The zero-order valence-corrected chi connectivity index (χ0v) is 13.8. The lowest BCUT2D eigenvalue weighted by Gasteiger charge is -2.31. The standard InChI is InChI=1S/C18H24N4O2/c23-14-7-5-13(6-8-14)19-17-18(22-9-11-24-12-10-22)21-16-4-2-1-3-15(16)20-17/h1-4,13-14,23H,5-12H2,(H,19,20). The van der Waals surface area contributed by atoms with Crippen molar-refractivity contribution in [2.75, 3.05) is 36.5 Å². The molecule has 0 bridgehead atoms. The molecule has 0 spiro atoms. The molecular formula is C18H24N4O2. The van der Waals surface area contributed by atoms with Crippen molar-refractivity contribution in [1.29, 1.82) is 0 Å². The van der Waals surface area contributed by atoms with Gasteiger partial charge in [0.25, 0.3) is 0 Å². The number of benzene rings is 1. The number of aliphatic hydroxyl groups is 1. The Morgan fingerprint density at radius 1 is 1.00 bits per heavy atom. The van der Waals surface area contributed by atoms with E-state index in [1.54, 1.807) is 0 Å². The number of ether oxygens (including phenoxy) is 1. The van der Waals surface area contributed by atoms with Gasteiger partial charge in [0, 0.05) is 19.1 Å². The number of aliphatic hydroxyl groups excluding tert-OH is 1. The summed E-state index contributed by atoms with van der Waals surface area (Å²) in [5.74, 6) is 1.78. The molecule has 0 radical (unpaired) electrons. The van der Waals surface area contributed by atoms with E-state index in [9.17, 15) is 5.11 Å². The predicted octanol–water partition coefficient (Wildman–Crippen LogP) is 2.18. The van der Waals surface area contributed by atoms with E-state index in [4.69, 9.17) is 14.7 Å². The van der Waals surface area contributed by atoms with Gasteiger partial charge >= 0.3 is 0 Å². The Labute approximate surface area is 141 Å². The first kappa shape index (κ1) is 15.6. The van der Waals surface area contributed by atoms with Gasteiger partial charge in [-0.3, -0.25) is 0 Å². The third-order valence-electron chi connectivity index (χ3n) is 4.90. The minimum Gasteiger partial charge on any atom is -0.393 e. The smallest absolute Gasteiger partial charge is 0.172 e. The van der Waals surface area contributed by atoms with Crippen LogP contribution in [0.1, 0.15) is 25.7 Å². The van der Waals surface area contributed by atoms with E-state index in [1.807, 2.05) is 24.3 Å². The molecular weight excluding hydrogens is 304 g/mol. The second kappa shape index (κ2) is 6.91. The lowest BCUT2D eigenvalue weighted by atomic mass is 9.93. The Kier molecular flexibility index (Phi) is 4.49. The highest BCUT2D eigenvalue weighted by molar-refractivity contribution is 5.80. The summed E-state index contributed by atoms with van der Waals surface area (Å²) in [5, 5.41) is 13.3. The van der Waals surface area contributed by atoms with Crippen molar-refractivity contribution in [2.45, 2.75) is 37.8 Å². The molecule has 24 heavy (non-hydrogen) atoms.